The predicted molar refractivity (Wildman–Crippen MR) is 66.7 cm³/mol. The molecule has 0 amide bonds. The lowest BCUT2D eigenvalue weighted by atomic mass is 9.94. The number of hydrogen-bond donors (Lipinski definition) is 0. The fourth-order valence-corrected chi connectivity index (χ4v) is 3.39. The number of sulfone groups is 1. The summed E-state index contributed by atoms with van der Waals surface area (Å²) in [5.41, 5.74) is 0.460. The molecule has 17 heavy (non-hydrogen) atoms. The van der Waals surface area contributed by atoms with Crippen molar-refractivity contribution in [1.29, 1.82) is 0 Å². The first-order valence-corrected chi connectivity index (χ1v) is 7.31. The van der Waals surface area contributed by atoms with Gasteiger partial charge in [0, 0.05) is 11.8 Å². The van der Waals surface area contributed by atoms with Gasteiger partial charge in [-0.25, -0.2) is 8.42 Å². The Hall–Kier alpha value is -1.42. The van der Waals surface area contributed by atoms with Crippen molar-refractivity contribution in [2.75, 3.05) is 6.26 Å². The molecular formula is C13H14O3S. The maximum atomic E-state index is 12.4. The number of rotatable bonds is 3. The Morgan fingerprint density at radius 3 is 2.12 bits per heavy atom. The Kier molecular flexibility index (Phi) is 2.91. The molecule has 0 radical (unpaired) electrons. The molecule has 1 aliphatic rings. The molecule has 4 heteroatoms. The van der Waals surface area contributed by atoms with Gasteiger partial charge in [0.05, 0.1) is 0 Å². The standard InChI is InChI=1S/C13H14O3S/c1-17(15,16)13(9-5-6-10-13)12(14)11-7-3-2-4-8-11/h2-8H,9-10H2,1H3. The Morgan fingerprint density at radius 1 is 1.12 bits per heavy atom. The third-order valence-electron chi connectivity index (χ3n) is 3.22. The maximum absolute atomic E-state index is 12.4. The Labute approximate surface area is 101 Å². The number of allylic oxidation sites excluding steroid dienone is 2. The van der Waals surface area contributed by atoms with E-state index in [0.29, 0.717) is 5.56 Å². The summed E-state index contributed by atoms with van der Waals surface area (Å²) < 4.78 is 22.5. The summed E-state index contributed by atoms with van der Waals surface area (Å²) >= 11 is 0. The minimum Gasteiger partial charge on any atom is -0.292 e. The summed E-state index contributed by atoms with van der Waals surface area (Å²) in [5, 5.41) is 0. The van der Waals surface area contributed by atoms with E-state index in [1.807, 2.05) is 0 Å². The Balaban J connectivity index is 2.47. The van der Waals surface area contributed by atoms with Crippen LogP contribution in [-0.2, 0) is 9.84 Å². The van der Waals surface area contributed by atoms with Crippen molar-refractivity contribution >= 4 is 15.6 Å². The van der Waals surface area contributed by atoms with Crippen molar-refractivity contribution in [1.82, 2.24) is 0 Å². The zero-order valence-corrected chi connectivity index (χ0v) is 10.4. The molecular weight excluding hydrogens is 236 g/mol. The first-order valence-electron chi connectivity index (χ1n) is 5.42. The van der Waals surface area contributed by atoms with Crippen LogP contribution in [0.1, 0.15) is 23.2 Å². The van der Waals surface area contributed by atoms with Gasteiger partial charge in [0.1, 0.15) is 4.75 Å². The highest BCUT2D eigenvalue weighted by Gasteiger charge is 2.48. The highest BCUT2D eigenvalue weighted by molar-refractivity contribution is 7.93. The average molecular weight is 250 g/mol. The number of carbonyl (C=O) groups is 1. The smallest absolute Gasteiger partial charge is 0.184 e. The van der Waals surface area contributed by atoms with E-state index in [4.69, 9.17) is 0 Å². The van der Waals surface area contributed by atoms with E-state index in [-0.39, 0.29) is 18.6 Å². The van der Waals surface area contributed by atoms with Crippen LogP contribution in [0.5, 0.6) is 0 Å². The number of ketones is 1. The molecule has 0 fully saturated rings. The normalized spacial score (nSPS) is 18.2. The molecule has 1 aromatic carbocycles. The molecule has 0 aromatic heterocycles. The molecule has 1 aromatic rings. The minimum atomic E-state index is -3.42. The summed E-state index contributed by atoms with van der Waals surface area (Å²) in [7, 11) is -3.42. The Bertz CT molecular complexity index is 548. The largest absolute Gasteiger partial charge is 0.292 e. The van der Waals surface area contributed by atoms with Crippen molar-refractivity contribution in [2.45, 2.75) is 17.6 Å². The van der Waals surface area contributed by atoms with Gasteiger partial charge in [-0.3, -0.25) is 4.79 Å². The zero-order valence-electron chi connectivity index (χ0n) is 9.59. The van der Waals surface area contributed by atoms with Gasteiger partial charge in [0.25, 0.3) is 0 Å². The highest BCUT2D eigenvalue weighted by Crippen LogP contribution is 2.35. The lowest BCUT2D eigenvalue weighted by Crippen LogP contribution is -2.43. The van der Waals surface area contributed by atoms with E-state index >= 15 is 0 Å². The van der Waals surface area contributed by atoms with Crippen molar-refractivity contribution < 1.29 is 13.2 Å². The van der Waals surface area contributed by atoms with Crippen molar-refractivity contribution in [2.24, 2.45) is 0 Å². The van der Waals surface area contributed by atoms with Crippen LogP contribution in [0.25, 0.3) is 0 Å². The van der Waals surface area contributed by atoms with Crippen LogP contribution in [-0.4, -0.2) is 25.2 Å². The summed E-state index contributed by atoms with van der Waals surface area (Å²) in [6.45, 7) is 0. The monoisotopic (exact) mass is 250 g/mol. The van der Waals surface area contributed by atoms with Gasteiger partial charge in [-0.15, -0.1) is 0 Å². The molecule has 0 bridgehead atoms. The van der Waals surface area contributed by atoms with Crippen molar-refractivity contribution in [3.05, 3.63) is 48.0 Å². The van der Waals surface area contributed by atoms with Gasteiger partial charge in [-0.05, 0) is 12.8 Å². The van der Waals surface area contributed by atoms with Gasteiger partial charge in [0.2, 0.25) is 0 Å². The molecule has 2 rings (SSSR count). The SMILES string of the molecule is CS(=O)(=O)C1(C(=O)c2ccccc2)CC=CC1. The van der Waals surface area contributed by atoms with E-state index in [1.165, 1.54) is 0 Å². The van der Waals surface area contributed by atoms with Gasteiger partial charge < -0.3 is 0 Å². The average Bonchev–Trinajstić information content (AvgIpc) is 2.79. The first-order chi connectivity index (χ1) is 7.97. The van der Waals surface area contributed by atoms with Crippen LogP contribution in [0.2, 0.25) is 0 Å². The molecule has 0 heterocycles. The number of hydrogen-bond acceptors (Lipinski definition) is 3. The first kappa shape index (κ1) is 12.0. The van der Waals surface area contributed by atoms with Gasteiger partial charge in [-0.1, -0.05) is 42.5 Å². The fraction of sp³-hybridized carbons (Fsp3) is 0.308. The molecule has 90 valence electrons. The van der Waals surface area contributed by atoms with Crippen LogP contribution in [0.3, 0.4) is 0 Å². The van der Waals surface area contributed by atoms with Crippen molar-refractivity contribution in [3.63, 3.8) is 0 Å². The molecule has 0 saturated heterocycles. The number of Topliss-reactive ketones (excluding diaryl/α,β-unsaturated/α-hetero) is 1. The summed E-state index contributed by atoms with van der Waals surface area (Å²) in [6, 6.07) is 8.61. The van der Waals surface area contributed by atoms with Gasteiger partial charge in [-0.2, -0.15) is 0 Å². The van der Waals surface area contributed by atoms with E-state index in [1.54, 1.807) is 42.5 Å². The molecule has 1 aliphatic carbocycles. The van der Waals surface area contributed by atoms with Crippen LogP contribution < -0.4 is 0 Å². The predicted octanol–water partition coefficient (Wildman–Crippen LogP) is 2.00. The fourth-order valence-electron chi connectivity index (χ4n) is 2.14. The molecule has 3 nitrogen and oxygen atoms in total. The zero-order chi connectivity index (χ0) is 12.5. The van der Waals surface area contributed by atoms with E-state index in [2.05, 4.69) is 0 Å². The topological polar surface area (TPSA) is 51.2 Å². The van der Waals surface area contributed by atoms with Crippen LogP contribution >= 0.6 is 0 Å². The molecule has 0 unspecified atom stereocenters. The molecule has 0 N–H and O–H groups in total. The number of benzene rings is 1. The molecule has 0 aliphatic heterocycles. The quantitative estimate of drug-likeness (QED) is 0.609. The summed E-state index contributed by atoms with van der Waals surface area (Å²) in [4.78, 5) is 12.4. The maximum Gasteiger partial charge on any atom is 0.184 e. The lowest BCUT2D eigenvalue weighted by molar-refractivity contribution is 0.0943. The lowest BCUT2D eigenvalue weighted by Gasteiger charge is -2.25. The van der Waals surface area contributed by atoms with Gasteiger partial charge >= 0.3 is 0 Å². The third-order valence-corrected chi connectivity index (χ3v) is 5.16. The van der Waals surface area contributed by atoms with Crippen LogP contribution in [0, 0.1) is 0 Å². The highest BCUT2D eigenvalue weighted by atomic mass is 32.2. The third kappa shape index (κ3) is 1.93. The molecule has 0 spiro atoms. The second-order valence-corrected chi connectivity index (χ2v) is 6.67. The second-order valence-electron chi connectivity index (χ2n) is 4.34. The van der Waals surface area contributed by atoms with E-state index < -0.39 is 14.6 Å². The number of carbonyl (C=O) groups excluding carboxylic acids is 1. The van der Waals surface area contributed by atoms with Crippen LogP contribution in [0.4, 0.5) is 0 Å². The van der Waals surface area contributed by atoms with E-state index in [0.717, 1.165) is 6.26 Å². The summed E-state index contributed by atoms with van der Waals surface area (Å²) in [5.74, 6) is -0.300. The molecule has 0 atom stereocenters. The van der Waals surface area contributed by atoms with Crippen LogP contribution in [0.15, 0.2) is 42.5 Å². The second kappa shape index (κ2) is 4.11. The minimum absolute atomic E-state index is 0.277. The molecule has 0 saturated carbocycles. The van der Waals surface area contributed by atoms with Gasteiger partial charge in [0.15, 0.2) is 15.6 Å². The Morgan fingerprint density at radius 2 is 1.65 bits per heavy atom. The van der Waals surface area contributed by atoms with E-state index in [9.17, 15) is 13.2 Å². The van der Waals surface area contributed by atoms with Crippen molar-refractivity contribution in [3.8, 4) is 0 Å². The summed E-state index contributed by atoms with van der Waals surface area (Å²) in [6.07, 6.45) is 5.23.